The Morgan fingerprint density at radius 2 is 2.11 bits per heavy atom. The molecule has 3 aliphatic rings. The Morgan fingerprint density at radius 1 is 1.21 bits per heavy atom. The largest absolute Gasteiger partial charge is 0.462 e. The highest BCUT2D eigenvalue weighted by molar-refractivity contribution is 5.26. The molecule has 6 nitrogen and oxygen atoms in total. The summed E-state index contributed by atoms with van der Waals surface area (Å²) in [7, 11) is 0. The number of hydrogen-bond donors (Lipinski definition) is 1. The summed E-state index contributed by atoms with van der Waals surface area (Å²) in [6.45, 7) is 8.42. The van der Waals surface area contributed by atoms with Crippen molar-refractivity contribution < 1.29 is 9.15 Å². The second-order valence-electron chi connectivity index (χ2n) is 8.53. The number of hydrogen-bond acceptors (Lipinski definition) is 5. The van der Waals surface area contributed by atoms with Gasteiger partial charge in [0.15, 0.2) is 0 Å². The maximum atomic E-state index is 6.15. The highest BCUT2D eigenvalue weighted by Gasteiger charge is 2.45. The van der Waals surface area contributed by atoms with E-state index in [-0.39, 0.29) is 11.6 Å². The molecule has 2 aromatic rings. The van der Waals surface area contributed by atoms with Crippen LogP contribution in [0.15, 0.2) is 22.9 Å². The van der Waals surface area contributed by atoms with Crippen molar-refractivity contribution in [1.29, 1.82) is 0 Å². The molecule has 6 heteroatoms. The Balaban J connectivity index is 1.25. The van der Waals surface area contributed by atoms with Crippen molar-refractivity contribution in [3.8, 4) is 0 Å². The van der Waals surface area contributed by atoms with Crippen LogP contribution in [-0.4, -0.2) is 52.6 Å². The van der Waals surface area contributed by atoms with Crippen molar-refractivity contribution in [3.05, 3.63) is 41.4 Å². The maximum Gasteiger partial charge on any atom is 0.133 e. The average molecular weight is 385 g/mol. The molecule has 2 aromatic heterocycles. The minimum Gasteiger partial charge on any atom is -0.462 e. The van der Waals surface area contributed by atoms with Crippen LogP contribution >= 0.6 is 0 Å². The summed E-state index contributed by atoms with van der Waals surface area (Å²) in [5.41, 5.74) is 2.76. The third-order valence-electron chi connectivity index (χ3n) is 7.02. The Labute approximate surface area is 167 Å². The van der Waals surface area contributed by atoms with E-state index in [9.17, 15) is 0 Å². The molecule has 0 radical (unpaired) electrons. The lowest BCUT2D eigenvalue weighted by Gasteiger charge is -2.50. The van der Waals surface area contributed by atoms with E-state index in [4.69, 9.17) is 14.1 Å². The molecule has 5 rings (SSSR count). The normalized spacial score (nSPS) is 25.8. The summed E-state index contributed by atoms with van der Waals surface area (Å²) in [6.07, 6.45) is 8.89. The van der Waals surface area contributed by atoms with Gasteiger partial charge in [0.25, 0.3) is 0 Å². The number of nitrogens with one attached hydrogen (secondary N) is 1. The van der Waals surface area contributed by atoms with Gasteiger partial charge in [-0.15, -0.1) is 0 Å². The van der Waals surface area contributed by atoms with Crippen LogP contribution in [0.25, 0.3) is 0 Å². The molecule has 0 aromatic carbocycles. The van der Waals surface area contributed by atoms with Gasteiger partial charge in [0, 0.05) is 38.4 Å². The number of furan rings is 1. The molecule has 2 fully saturated rings. The van der Waals surface area contributed by atoms with Gasteiger partial charge >= 0.3 is 0 Å². The second-order valence-corrected chi connectivity index (χ2v) is 8.53. The number of fused-ring (bicyclic) bond motifs is 2. The van der Waals surface area contributed by atoms with Crippen molar-refractivity contribution in [2.45, 2.75) is 63.6 Å². The fraction of sp³-hybridized carbons (Fsp3) is 0.682. The van der Waals surface area contributed by atoms with E-state index < -0.39 is 0 Å². The number of nitrogens with zero attached hydrogens (tertiary/aromatic N) is 3. The Morgan fingerprint density at radius 3 is 2.89 bits per heavy atom. The molecular formula is C22H32N4O2. The molecule has 0 bridgehead atoms. The number of aromatic amines is 1. The maximum absolute atomic E-state index is 6.15. The fourth-order valence-electron chi connectivity index (χ4n) is 5.46. The molecule has 1 unspecified atom stereocenters. The molecule has 3 aliphatic heterocycles. The topological polar surface area (TPSA) is 57.5 Å². The lowest BCUT2D eigenvalue weighted by Crippen LogP contribution is -2.56. The SMILES string of the molecule is CCN1CCc2[nH]cnc2C12CCN(Cc1ccc(C3CCCCO3)o1)CC2. The zero-order chi connectivity index (χ0) is 19.0. The van der Waals surface area contributed by atoms with E-state index in [0.29, 0.717) is 0 Å². The van der Waals surface area contributed by atoms with Gasteiger partial charge in [-0.05, 0) is 50.8 Å². The third-order valence-corrected chi connectivity index (χ3v) is 7.02. The van der Waals surface area contributed by atoms with Crippen molar-refractivity contribution in [3.63, 3.8) is 0 Å². The Hall–Kier alpha value is -1.63. The lowest BCUT2D eigenvalue weighted by molar-refractivity contribution is -0.00250. The van der Waals surface area contributed by atoms with Gasteiger partial charge in [-0.3, -0.25) is 9.80 Å². The standard InChI is InChI=1S/C22H32N4O2/c1-2-26-11-8-18-21(24-16-23-18)22(26)9-12-25(13-10-22)15-17-6-7-20(28-17)19-5-3-4-14-27-19/h6-7,16,19H,2-5,8-15H2,1H3,(H,23,24). The van der Waals surface area contributed by atoms with E-state index in [1.54, 1.807) is 0 Å². The van der Waals surface area contributed by atoms with Gasteiger partial charge in [0.1, 0.15) is 17.6 Å². The monoisotopic (exact) mass is 384 g/mol. The first-order chi connectivity index (χ1) is 13.8. The van der Waals surface area contributed by atoms with Crippen LogP contribution < -0.4 is 0 Å². The zero-order valence-corrected chi connectivity index (χ0v) is 17.0. The van der Waals surface area contributed by atoms with E-state index >= 15 is 0 Å². The number of imidazole rings is 1. The minimum atomic E-state index is 0.114. The number of rotatable bonds is 4. The first kappa shape index (κ1) is 18.4. The molecule has 1 spiro atoms. The van der Waals surface area contributed by atoms with Gasteiger partial charge in [0.2, 0.25) is 0 Å². The summed E-state index contributed by atoms with van der Waals surface area (Å²) in [5, 5.41) is 0. The predicted molar refractivity (Wildman–Crippen MR) is 107 cm³/mol. The van der Waals surface area contributed by atoms with E-state index in [1.165, 1.54) is 24.2 Å². The van der Waals surface area contributed by atoms with Crippen molar-refractivity contribution >= 4 is 0 Å². The van der Waals surface area contributed by atoms with Gasteiger partial charge in [-0.1, -0.05) is 6.92 Å². The molecule has 0 amide bonds. The van der Waals surface area contributed by atoms with Crippen molar-refractivity contribution in [1.82, 2.24) is 19.8 Å². The van der Waals surface area contributed by atoms with Gasteiger partial charge in [-0.2, -0.15) is 0 Å². The smallest absolute Gasteiger partial charge is 0.133 e. The molecule has 5 heterocycles. The lowest BCUT2D eigenvalue weighted by atomic mass is 9.78. The van der Waals surface area contributed by atoms with Gasteiger partial charge < -0.3 is 14.1 Å². The number of likely N-dealkylation sites (tertiary alicyclic amines) is 1. The van der Waals surface area contributed by atoms with E-state index in [1.807, 2.05) is 6.33 Å². The van der Waals surface area contributed by atoms with Crippen molar-refractivity contribution in [2.75, 3.05) is 32.8 Å². The fourth-order valence-corrected chi connectivity index (χ4v) is 5.46. The molecule has 1 atom stereocenters. The summed E-state index contributed by atoms with van der Waals surface area (Å²) in [5.74, 6) is 2.07. The highest BCUT2D eigenvalue weighted by atomic mass is 16.5. The van der Waals surface area contributed by atoms with Crippen LogP contribution in [0, 0.1) is 0 Å². The summed E-state index contributed by atoms with van der Waals surface area (Å²) < 4.78 is 12.0. The zero-order valence-electron chi connectivity index (χ0n) is 17.0. The van der Waals surface area contributed by atoms with Crippen LogP contribution in [0.4, 0.5) is 0 Å². The quantitative estimate of drug-likeness (QED) is 0.873. The summed E-state index contributed by atoms with van der Waals surface area (Å²) >= 11 is 0. The number of likely N-dealkylation sites (N-methyl/N-ethyl adjacent to an activating group) is 1. The minimum absolute atomic E-state index is 0.114. The summed E-state index contributed by atoms with van der Waals surface area (Å²) in [6, 6.07) is 4.26. The molecule has 2 saturated heterocycles. The van der Waals surface area contributed by atoms with Crippen LogP contribution in [0.2, 0.25) is 0 Å². The molecule has 0 saturated carbocycles. The van der Waals surface area contributed by atoms with Crippen LogP contribution in [-0.2, 0) is 23.2 Å². The third kappa shape index (κ3) is 3.21. The van der Waals surface area contributed by atoms with Crippen molar-refractivity contribution in [2.24, 2.45) is 0 Å². The first-order valence-corrected chi connectivity index (χ1v) is 11.0. The van der Waals surface area contributed by atoms with Gasteiger partial charge in [0.05, 0.1) is 24.1 Å². The number of H-pyrrole nitrogens is 1. The predicted octanol–water partition coefficient (Wildman–Crippen LogP) is 3.61. The van der Waals surface area contributed by atoms with Crippen LogP contribution in [0.5, 0.6) is 0 Å². The highest BCUT2D eigenvalue weighted by Crippen LogP contribution is 2.42. The average Bonchev–Trinajstić information content (AvgIpc) is 3.41. The summed E-state index contributed by atoms with van der Waals surface area (Å²) in [4.78, 5) is 13.3. The van der Waals surface area contributed by atoms with Gasteiger partial charge in [-0.25, -0.2) is 4.98 Å². The Kier molecular flexibility index (Phi) is 5.03. The number of piperidine rings is 1. The second kappa shape index (κ2) is 7.65. The van der Waals surface area contributed by atoms with Crippen LogP contribution in [0.3, 0.4) is 0 Å². The van der Waals surface area contributed by atoms with E-state index in [0.717, 1.165) is 76.5 Å². The number of aromatic nitrogens is 2. The van der Waals surface area contributed by atoms with Crippen LogP contribution in [0.1, 0.15) is 68.0 Å². The number of ether oxygens (including phenoxy) is 1. The molecular weight excluding hydrogens is 352 g/mol. The Bertz CT molecular complexity index is 784. The molecule has 28 heavy (non-hydrogen) atoms. The van der Waals surface area contributed by atoms with E-state index in [2.05, 4.69) is 33.8 Å². The molecule has 152 valence electrons. The molecule has 0 aliphatic carbocycles. The first-order valence-electron chi connectivity index (χ1n) is 11.0. The molecule has 1 N–H and O–H groups in total.